The summed E-state index contributed by atoms with van der Waals surface area (Å²) in [7, 11) is 1.54. The first-order valence-corrected chi connectivity index (χ1v) is 11.4. The van der Waals surface area contributed by atoms with E-state index in [1.807, 2.05) is 31.2 Å². The fraction of sp³-hybridized carbons (Fsp3) is 0.125. The summed E-state index contributed by atoms with van der Waals surface area (Å²) in [6.45, 7) is 1.80. The van der Waals surface area contributed by atoms with Crippen molar-refractivity contribution in [3.05, 3.63) is 86.3 Å². The molecule has 0 aliphatic rings. The highest BCUT2D eigenvalue weighted by Crippen LogP contribution is 2.34. The van der Waals surface area contributed by atoms with Crippen LogP contribution >= 0.6 is 31.9 Å². The number of halogens is 2. The summed E-state index contributed by atoms with van der Waals surface area (Å²) in [6, 6.07) is 17.8. The SMILES string of the molecule is COc1cccc(C(=O)N/N=C/c2cc(Br)c(OCC(=O)Nc3cccc(C)c3)c(Br)c2)c1. The lowest BCUT2D eigenvalue weighted by atomic mass is 10.2. The number of amides is 2. The summed E-state index contributed by atoms with van der Waals surface area (Å²) in [6.07, 6.45) is 1.50. The first-order valence-electron chi connectivity index (χ1n) is 9.81. The van der Waals surface area contributed by atoms with Crippen molar-refractivity contribution in [3.63, 3.8) is 0 Å². The van der Waals surface area contributed by atoms with Crippen molar-refractivity contribution >= 4 is 55.6 Å². The van der Waals surface area contributed by atoms with Gasteiger partial charge in [0.1, 0.15) is 11.5 Å². The predicted molar refractivity (Wildman–Crippen MR) is 135 cm³/mol. The Morgan fingerprint density at radius 3 is 2.45 bits per heavy atom. The molecule has 0 fully saturated rings. The van der Waals surface area contributed by atoms with Gasteiger partial charge in [0.15, 0.2) is 6.61 Å². The first kappa shape index (κ1) is 24.5. The third kappa shape index (κ3) is 7.16. The average molecular weight is 575 g/mol. The average Bonchev–Trinajstić information content (AvgIpc) is 2.78. The fourth-order valence-electron chi connectivity index (χ4n) is 2.84. The zero-order valence-corrected chi connectivity index (χ0v) is 21.1. The molecule has 0 aliphatic heterocycles. The lowest BCUT2D eigenvalue weighted by molar-refractivity contribution is -0.118. The Bertz CT molecular complexity index is 1170. The van der Waals surface area contributed by atoms with E-state index in [4.69, 9.17) is 9.47 Å². The molecule has 2 amide bonds. The number of anilines is 1. The topological polar surface area (TPSA) is 89.0 Å². The zero-order valence-electron chi connectivity index (χ0n) is 17.9. The summed E-state index contributed by atoms with van der Waals surface area (Å²) in [5.41, 5.74) is 5.38. The number of carbonyl (C=O) groups is 2. The molecule has 3 aromatic carbocycles. The van der Waals surface area contributed by atoms with Crippen LogP contribution in [0.4, 0.5) is 5.69 Å². The lowest BCUT2D eigenvalue weighted by Gasteiger charge is -2.12. The van der Waals surface area contributed by atoms with E-state index >= 15 is 0 Å². The number of hydrazone groups is 1. The second kappa shape index (κ2) is 11.6. The van der Waals surface area contributed by atoms with Crippen LogP contribution in [0.2, 0.25) is 0 Å². The Hall–Kier alpha value is -3.17. The Kier molecular flexibility index (Phi) is 8.62. The van der Waals surface area contributed by atoms with E-state index < -0.39 is 0 Å². The molecule has 0 unspecified atom stereocenters. The fourth-order valence-corrected chi connectivity index (χ4v) is 4.29. The summed E-state index contributed by atoms with van der Waals surface area (Å²) in [5, 5.41) is 6.80. The van der Waals surface area contributed by atoms with E-state index in [1.165, 1.54) is 13.3 Å². The second-order valence-electron chi connectivity index (χ2n) is 6.95. The van der Waals surface area contributed by atoms with Gasteiger partial charge in [-0.3, -0.25) is 9.59 Å². The van der Waals surface area contributed by atoms with Crippen molar-refractivity contribution in [2.45, 2.75) is 6.92 Å². The van der Waals surface area contributed by atoms with E-state index in [1.54, 1.807) is 36.4 Å². The molecule has 0 spiro atoms. The molecule has 2 N–H and O–H groups in total. The molecule has 0 bridgehead atoms. The largest absolute Gasteiger partial charge is 0.497 e. The summed E-state index contributed by atoms with van der Waals surface area (Å²) >= 11 is 6.90. The van der Waals surface area contributed by atoms with E-state index in [-0.39, 0.29) is 18.4 Å². The third-order valence-electron chi connectivity index (χ3n) is 4.38. The molecule has 3 aromatic rings. The van der Waals surface area contributed by atoms with Crippen LogP contribution in [0.1, 0.15) is 21.5 Å². The number of ether oxygens (including phenoxy) is 2. The van der Waals surface area contributed by atoms with E-state index in [0.29, 0.717) is 37.3 Å². The van der Waals surface area contributed by atoms with Gasteiger partial charge in [-0.05, 0) is 92.4 Å². The standard InChI is InChI=1S/C24H21Br2N3O4/c1-15-5-3-7-18(9-15)28-22(30)14-33-23-20(25)10-16(11-21(23)26)13-27-29-24(31)17-6-4-8-19(12-17)32-2/h3-13H,14H2,1-2H3,(H,28,30)(H,29,31)/b27-13+. The smallest absolute Gasteiger partial charge is 0.271 e. The predicted octanol–water partition coefficient (Wildman–Crippen LogP) is 5.31. The van der Waals surface area contributed by atoms with Gasteiger partial charge in [0, 0.05) is 11.3 Å². The van der Waals surface area contributed by atoms with Gasteiger partial charge < -0.3 is 14.8 Å². The number of methoxy groups -OCH3 is 1. The zero-order chi connectivity index (χ0) is 23.8. The number of aryl methyl sites for hydroxylation is 1. The minimum atomic E-state index is -0.358. The Morgan fingerprint density at radius 2 is 1.76 bits per heavy atom. The summed E-state index contributed by atoms with van der Waals surface area (Å²) in [5.74, 6) is 0.433. The number of hydrogen-bond donors (Lipinski definition) is 2. The molecular formula is C24H21Br2N3O4. The van der Waals surface area contributed by atoms with Crippen molar-refractivity contribution in [1.82, 2.24) is 5.43 Å². The quantitative estimate of drug-likeness (QED) is 0.282. The van der Waals surface area contributed by atoms with Crippen molar-refractivity contribution < 1.29 is 19.1 Å². The van der Waals surface area contributed by atoms with Crippen LogP contribution in [-0.2, 0) is 4.79 Å². The maximum absolute atomic E-state index is 12.2. The van der Waals surface area contributed by atoms with E-state index in [9.17, 15) is 9.59 Å². The summed E-state index contributed by atoms with van der Waals surface area (Å²) < 4.78 is 12.0. The van der Waals surface area contributed by atoms with E-state index in [2.05, 4.69) is 47.7 Å². The normalized spacial score (nSPS) is 10.7. The minimum absolute atomic E-state index is 0.158. The molecule has 9 heteroatoms. The summed E-state index contributed by atoms with van der Waals surface area (Å²) in [4.78, 5) is 24.4. The number of nitrogens with zero attached hydrogens (tertiary/aromatic N) is 1. The molecule has 0 aromatic heterocycles. The second-order valence-corrected chi connectivity index (χ2v) is 8.66. The van der Waals surface area contributed by atoms with Crippen molar-refractivity contribution in [2.75, 3.05) is 19.0 Å². The molecule has 0 heterocycles. The number of benzene rings is 3. The number of nitrogens with one attached hydrogen (secondary N) is 2. The van der Waals surface area contributed by atoms with Crippen LogP contribution in [0.5, 0.6) is 11.5 Å². The molecule has 170 valence electrons. The molecule has 3 rings (SSSR count). The van der Waals surface area contributed by atoms with Crippen LogP contribution in [0, 0.1) is 6.92 Å². The van der Waals surface area contributed by atoms with Gasteiger partial charge in [0.05, 0.1) is 22.3 Å². The number of rotatable bonds is 8. The van der Waals surface area contributed by atoms with Crippen LogP contribution in [-0.4, -0.2) is 31.7 Å². The molecular weight excluding hydrogens is 554 g/mol. The molecule has 0 saturated heterocycles. The minimum Gasteiger partial charge on any atom is -0.497 e. The number of carbonyl (C=O) groups excluding carboxylic acids is 2. The Morgan fingerprint density at radius 1 is 1.03 bits per heavy atom. The maximum atomic E-state index is 12.2. The number of hydrogen-bond acceptors (Lipinski definition) is 5. The van der Waals surface area contributed by atoms with E-state index in [0.717, 1.165) is 5.56 Å². The highest BCUT2D eigenvalue weighted by Gasteiger charge is 2.12. The van der Waals surface area contributed by atoms with Gasteiger partial charge in [-0.2, -0.15) is 5.10 Å². The van der Waals surface area contributed by atoms with Gasteiger partial charge in [0.2, 0.25) is 0 Å². The van der Waals surface area contributed by atoms with Gasteiger partial charge in [-0.25, -0.2) is 5.43 Å². The highest BCUT2D eigenvalue weighted by atomic mass is 79.9. The third-order valence-corrected chi connectivity index (χ3v) is 5.56. The lowest BCUT2D eigenvalue weighted by Crippen LogP contribution is -2.20. The van der Waals surface area contributed by atoms with Gasteiger partial charge in [-0.15, -0.1) is 0 Å². The molecule has 0 aliphatic carbocycles. The molecule has 7 nitrogen and oxygen atoms in total. The van der Waals surface area contributed by atoms with Gasteiger partial charge >= 0.3 is 0 Å². The first-order chi connectivity index (χ1) is 15.9. The van der Waals surface area contributed by atoms with Crippen LogP contribution in [0.3, 0.4) is 0 Å². The van der Waals surface area contributed by atoms with Gasteiger partial charge in [-0.1, -0.05) is 18.2 Å². The highest BCUT2D eigenvalue weighted by molar-refractivity contribution is 9.11. The van der Waals surface area contributed by atoms with Crippen molar-refractivity contribution in [3.8, 4) is 11.5 Å². The molecule has 33 heavy (non-hydrogen) atoms. The molecule has 0 radical (unpaired) electrons. The Labute approximate surface area is 208 Å². The van der Waals surface area contributed by atoms with Crippen LogP contribution in [0.15, 0.2) is 74.7 Å². The van der Waals surface area contributed by atoms with Crippen molar-refractivity contribution in [1.29, 1.82) is 0 Å². The maximum Gasteiger partial charge on any atom is 0.271 e. The van der Waals surface area contributed by atoms with Crippen LogP contribution < -0.4 is 20.2 Å². The Balaban J connectivity index is 1.58. The van der Waals surface area contributed by atoms with Crippen LogP contribution in [0.25, 0.3) is 0 Å². The monoisotopic (exact) mass is 573 g/mol. The molecule has 0 atom stereocenters. The molecule has 0 saturated carbocycles. The van der Waals surface area contributed by atoms with Gasteiger partial charge in [0.25, 0.3) is 11.8 Å². The van der Waals surface area contributed by atoms with Crippen molar-refractivity contribution in [2.24, 2.45) is 5.10 Å².